The smallest absolute Gasteiger partial charge is 0.249 e. The zero-order valence-corrected chi connectivity index (χ0v) is 20.3. The zero-order chi connectivity index (χ0) is 23.1. The Kier molecular flexibility index (Phi) is 9.54. The summed E-state index contributed by atoms with van der Waals surface area (Å²) in [6.07, 6.45) is 6.92. The molecule has 2 aliphatic rings. The van der Waals surface area contributed by atoms with E-state index in [1.54, 1.807) is 11.9 Å². The predicted octanol–water partition coefficient (Wildman–Crippen LogP) is 2.42. The van der Waals surface area contributed by atoms with Crippen molar-refractivity contribution >= 4 is 17.7 Å². The molecule has 31 heavy (non-hydrogen) atoms. The molecule has 2 saturated heterocycles. The minimum atomic E-state index is -0.573. The Bertz CT molecular complexity index is 668. The number of amides is 3. The van der Waals surface area contributed by atoms with Gasteiger partial charge in [-0.1, -0.05) is 26.3 Å². The van der Waals surface area contributed by atoms with Gasteiger partial charge in [0.15, 0.2) is 0 Å². The fourth-order valence-electron chi connectivity index (χ4n) is 4.47. The molecule has 2 unspecified atom stereocenters. The molecule has 2 heterocycles. The van der Waals surface area contributed by atoms with Crippen molar-refractivity contribution in [1.29, 1.82) is 0 Å². The predicted molar refractivity (Wildman–Crippen MR) is 123 cm³/mol. The number of rotatable bonds is 8. The summed E-state index contributed by atoms with van der Waals surface area (Å²) in [5.41, 5.74) is 0.668. The van der Waals surface area contributed by atoms with E-state index >= 15 is 0 Å². The highest BCUT2D eigenvalue weighted by Crippen LogP contribution is 2.20. The fourth-order valence-corrected chi connectivity index (χ4v) is 4.47. The number of likely N-dealkylation sites (tertiary alicyclic amines) is 2. The van der Waals surface area contributed by atoms with Crippen LogP contribution in [0.4, 0.5) is 0 Å². The van der Waals surface area contributed by atoms with Gasteiger partial charge in [-0.25, -0.2) is 0 Å². The largest absolute Gasteiger partial charge is 0.343 e. The topological polar surface area (TPSA) is 73.0 Å². The first-order valence-electron chi connectivity index (χ1n) is 11.9. The SMILES string of the molecule is C/C(=C\CN(C)C(=O)C(NC(=O)C1CCCCN1C(C)C)C(C)C)C(=O)N1CCCC1. The summed E-state index contributed by atoms with van der Waals surface area (Å²) < 4.78 is 0. The molecule has 0 aromatic rings. The van der Waals surface area contributed by atoms with Crippen molar-refractivity contribution in [2.75, 3.05) is 33.2 Å². The molecule has 2 aliphatic heterocycles. The van der Waals surface area contributed by atoms with Crippen LogP contribution in [0.3, 0.4) is 0 Å². The highest BCUT2D eigenvalue weighted by molar-refractivity contribution is 5.93. The first kappa shape index (κ1) is 25.4. The number of carbonyl (C=O) groups is 3. The molecule has 1 N–H and O–H groups in total. The van der Waals surface area contributed by atoms with E-state index in [2.05, 4.69) is 24.1 Å². The molecule has 0 radical (unpaired) electrons. The maximum atomic E-state index is 13.1. The maximum absolute atomic E-state index is 13.1. The minimum Gasteiger partial charge on any atom is -0.343 e. The van der Waals surface area contributed by atoms with E-state index in [9.17, 15) is 14.4 Å². The van der Waals surface area contributed by atoms with Crippen LogP contribution >= 0.6 is 0 Å². The number of piperidine rings is 1. The molecular formula is C24H42N4O3. The van der Waals surface area contributed by atoms with Crippen LogP contribution in [0, 0.1) is 5.92 Å². The number of hydrogen-bond acceptors (Lipinski definition) is 4. The quantitative estimate of drug-likeness (QED) is 0.596. The second kappa shape index (κ2) is 11.7. The second-order valence-electron chi connectivity index (χ2n) is 9.68. The van der Waals surface area contributed by atoms with Crippen LogP contribution in [0.25, 0.3) is 0 Å². The van der Waals surface area contributed by atoms with E-state index in [1.165, 1.54) is 0 Å². The summed E-state index contributed by atoms with van der Waals surface area (Å²) >= 11 is 0. The van der Waals surface area contributed by atoms with Gasteiger partial charge in [0.25, 0.3) is 0 Å². The number of carbonyl (C=O) groups excluding carboxylic acids is 3. The minimum absolute atomic E-state index is 0.0219. The van der Waals surface area contributed by atoms with Crippen LogP contribution in [0.2, 0.25) is 0 Å². The van der Waals surface area contributed by atoms with Crippen LogP contribution in [0.1, 0.15) is 66.7 Å². The summed E-state index contributed by atoms with van der Waals surface area (Å²) in [6, 6.07) is -0.446. The van der Waals surface area contributed by atoms with Gasteiger partial charge >= 0.3 is 0 Å². The highest BCUT2D eigenvalue weighted by atomic mass is 16.2. The first-order chi connectivity index (χ1) is 14.6. The fraction of sp³-hybridized carbons (Fsp3) is 0.792. The van der Waals surface area contributed by atoms with Gasteiger partial charge < -0.3 is 15.1 Å². The van der Waals surface area contributed by atoms with Crippen molar-refractivity contribution < 1.29 is 14.4 Å². The number of nitrogens with one attached hydrogen (secondary N) is 1. The standard InChI is InChI=1S/C24H42N4O3/c1-17(2)21(25-22(29)20-11-7-8-15-28(20)18(3)4)24(31)26(6)16-12-19(5)23(30)27-13-9-10-14-27/h12,17-18,20-21H,7-11,13-16H2,1-6H3,(H,25,29)/b19-12+. The molecule has 7 heteroatoms. The van der Waals surface area contributed by atoms with Crippen LogP contribution in [-0.4, -0.2) is 83.8 Å². The zero-order valence-electron chi connectivity index (χ0n) is 20.3. The summed E-state index contributed by atoms with van der Waals surface area (Å²) in [5.74, 6) is -0.137. The van der Waals surface area contributed by atoms with Crippen molar-refractivity contribution in [3.8, 4) is 0 Å². The van der Waals surface area contributed by atoms with Gasteiger partial charge in [-0.3, -0.25) is 19.3 Å². The van der Waals surface area contributed by atoms with Gasteiger partial charge in [-0.05, 0) is 58.9 Å². The molecule has 0 spiro atoms. The summed E-state index contributed by atoms with van der Waals surface area (Å²) in [4.78, 5) is 44.4. The average molecular weight is 435 g/mol. The van der Waals surface area contributed by atoms with Crippen LogP contribution < -0.4 is 5.32 Å². The van der Waals surface area contributed by atoms with Crippen molar-refractivity contribution in [3.05, 3.63) is 11.6 Å². The van der Waals surface area contributed by atoms with Gasteiger partial charge in [-0.15, -0.1) is 0 Å². The summed E-state index contributed by atoms with van der Waals surface area (Å²) in [7, 11) is 1.73. The molecule has 0 bridgehead atoms. The summed E-state index contributed by atoms with van der Waals surface area (Å²) in [6.45, 7) is 12.8. The van der Waals surface area contributed by atoms with Gasteiger partial charge in [0.1, 0.15) is 6.04 Å². The molecular weight excluding hydrogens is 392 g/mol. The van der Waals surface area contributed by atoms with Crippen LogP contribution in [0.5, 0.6) is 0 Å². The van der Waals surface area contributed by atoms with E-state index in [-0.39, 0.29) is 29.7 Å². The Balaban J connectivity index is 1.99. The lowest BCUT2D eigenvalue weighted by Gasteiger charge is -2.38. The second-order valence-corrected chi connectivity index (χ2v) is 9.68. The lowest BCUT2D eigenvalue weighted by atomic mass is 9.97. The summed E-state index contributed by atoms with van der Waals surface area (Å²) in [5, 5.41) is 3.04. The van der Waals surface area contributed by atoms with Crippen LogP contribution in [-0.2, 0) is 14.4 Å². The van der Waals surface area contributed by atoms with Gasteiger partial charge in [-0.2, -0.15) is 0 Å². The highest BCUT2D eigenvalue weighted by Gasteiger charge is 2.34. The maximum Gasteiger partial charge on any atom is 0.249 e. The van der Waals surface area contributed by atoms with E-state index < -0.39 is 6.04 Å². The molecule has 2 rings (SSSR count). The third kappa shape index (κ3) is 6.79. The van der Waals surface area contributed by atoms with Crippen molar-refractivity contribution in [2.45, 2.75) is 84.8 Å². The molecule has 0 aromatic carbocycles. The molecule has 7 nitrogen and oxygen atoms in total. The molecule has 176 valence electrons. The molecule has 0 saturated carbocycles. The van der Waals surface area contributed by atoms with Crippen molar-refractivity contribution in [2.24, 2.45) is 5.92 Å². The van der Waals surface area contributed by atoms with Gasteiger partial charge in [0.05, 0.1) is 6.04 Å². The molecule has 2 fully saturated rings. The lowest BCUT2D eigenvalue weighted by molar-refractivity contribution is -0.138. The van der Waals surface area contributed by atoms with E-state index in [0.29, 0.717) is 18.2 Å². The van der Waals surface area contributed by atoms with E-state index in [1.807, 2.05) is 31.7 Å². The normalized spacial score (nSPS) is 21.5. The number of nitrogens with zero attached hydrogens (tertiary/aromatic N) is 3. The first-order valence-corrected chi connectivity index (χ1v) is 11.9. The van der Waals surface area contributed by atoms with Crippen LogP contribution in [0.15, 0.2) is 11.6 Å². The van der Waals surface area contributed by atoms with E-state index in [4.69, 9.17) is 0 Å². The molecule has 0 aliphatic carbocycles. The Morgan fingerprint density at radius 3 is 2.23 bits per heavy atom. The average Bonchev–Trinajstić information content (AvgIpc) is 3.28. The molecule has 0 aromatic heterocycles. The van der Waals surface area contributed by atoms with Gasteiger partial charge in [0, 0.05) is 38.3 Å². The van der Waals surface area contributed by atoms with E-state index in [0.717, 1.165) is 51.7 Å². The third-order valence-electron chi connectivity index (χ3n) is 6.52. The molecule has 3 amide bonds. The Hall–Kier alpha value is -1.89. The monoisotopic (exact) mass is 434 g/mol. The Labute approximate surface area is 188 Å². The molecule has 2 atom stereocenters. The van der Waals surface area contributed by atoms with Crippen molar-refractivity contribution in [3.63, 3.8) is 0 Å². The lowest BCUT2D eigenvalue weighted by Crippen LogP contribution is -2.57. The number of likely N-dealkylation sites (N-methyl/N-ethyl adjacent to an activating group) is 1. The Morgan fingerprint density at radius 1 is 1.03 bits per heavy atom. The van der Waals surface area contributed by atoms with Crippen molar-refractivity contribution in [1.82, 2.24) is 20.0 Å². The number of hydrogen-bond donors (Lipinski definition) is 1. The Morgan fingerprint density at radius 2 is 1.65 bits per heavy atom. The van der Waals surface area contributed by atoms with Gasteiger partial charge in [0.2, 0.25) is 17.7 Å². The third-order valence-corrected chi connectivity index (χ3v) is 6.52.